The zero-order chi connectivity index (χ0) is 15.1. The Morgan fingerprint density at radius 1 is 1.32 bits per heavy atom. The predicted octanol–water partition coefficient (Wildman–Crippen LogP) is 2.78. The van der Waals surface area contributed by atoms with E-state index in [1.807, 2.05) is 0 Å². The number of amides is 1. The lowest BCUT2D eigenvalue weighted by atomic mass is 9.88. The number of fused-ring (bicyclic) bond motifs is 2. The molecule has 1 aliphatic carbocycles. The molecular formula is C16H16N2O4. The minimum Gasteiger partial charge on any atom is -0.454 e. The minimum atomic E-state index is -0.252. The summed E-state index contributed by atoms with van der Waals surface area (Å²) in [4.78, 5) is 12.4. The topological polar surface area (TPSA) is 73.6 Å². The van der Waals surface area contributed by atoms with Crippen LogP contribution in [0, 0.1) is 5.92 Å². The maximum atomic E-state index is 12.4. The molecule has 0 unspecified atom stereocenters. The standard InChI is InChI=1S/C16H16N2O4/c1-9-2-4-12-11(6-9)15(18-22-12)16(19)17-10-3-5-13-14(7-10)21-8-20-13/h3,5,7,9H,2,4,6,8H2,1H3,(H,17,19)/t9-/m1/s1. The molecule has 1 N–H and O–H groups in total. The average Bonchev–Trinajstić information content (AvgIpc) is 3.12. The van der Waals surface area contributed by atoms with E-state index >= 15 is 0 Å². The summed E-state index contributed by atoms with van der Waals surface area (Å²) in [5.74, 6) is 2.45. The summed E-state index contributed by atoms with van der Waals surface area (Å²) in [6, 6.07) is 5.30. The van der Waals surface area contributed by atoms with E-state index in [1.165, 1.54) is 0 Å². The Morgan fingerprint density at radius 3 is 3.09 bits per heavy atom. The molecule has 0 spiro atoms. The van der Waals surface area contributed by atoms with Crippen LogP contribution in [0.5, 0.6) is 11.5 Å². The van der Waals surface area contributed by atoms with Crippen molar-refractivity contribution >= 4 is 11.6 Å². The van der Waals surface area contributed by atoms with E-state index in [0.29, 0.717) is 28.8 Å². The highest BCUT2D eigenvalue weighted by atomic mass is 16.7. The van der Waals surface area contributed by atoms with E-state index in [4.69, 9.17) is 14.0 Å². The third-order valence-corrected chi connectivity index (χ3v) is 4.13. The molecule has 6 heteroatoms. The first-order valence-corrected chi connectivity index (χ1v) is 7.39. The zero-order valence-corrected chi connectivity index (χ0v) is 12.2. The Balaban J connectivity index is 1.57. The van der Waals surface area contributed by atoms with E-state index in [2.05, 4.69) is 17.4 Å². The third kappa shape index (κ3) is 2.20. The third-order valence-electron chi connectivity index (χ3n) is 4.13. The summed E-state index contributed by atoms with van der Waals surface area (Å²) in [7, 11) is 0. The van der Waals surface area contributed by atoms with Gasteiger partial charge in [0.2, 0.25) is 6.79 Å². The average molecular weight is 300 g/mol. The predicted molar refractivity (Wildman–Crippen MR) is 78.2 cm³/mol. The van der Waals surface area contributed by atoms with Crippen LogP contribution in [0.15, 0.2) is 22.7 Å². The van der Waals surface area contributed by atoms with Gasteiger partial charge in [-0.25, -0.2) is 0 Å². The molecule has 0 fully saturated rings. The molecule has 22 heavy (non-hydrogen) atoms. The summed E-state index contributed by atoms with van der Waals surface area (Å²) >= 11 is 0. The smallest absolute Gasteiger partial charge is 0.278 e. The number of aryl methyl sites for hydroxylation is 1. The zero-order valence-electron chi connectivity index (χ0n) is 12.2. The number of hydrogen-bond acceptors (Lipinski definition) is 5. The molecule has 1 atom stereocenters. The molecule has 6 nitrogen and oxygen atoms in total. The molecule has 0 saturated carbocycles. The van der Waals surface area contributed by atoms with Gasteiger partial charge in [-0.15, -0.1) is 0 Å². The number of aromatic nitrogens is 1. The lowest BCUT2D eigenvalue weighted by molar-refractivity contribution is 0.101. The Bertz CT molecular complexity index is 738. The van der Waals surface area contributed by atoms with Crippen molar-refractivity contribution in [3.8, 4) is 11.5 Å². The lowest BCUT2D eigenvalue weighted by Crippen LogP contribution is -2.17. The van der Waals surface area contributed by atoms with Crippen molar-refractivity contribution in [3.63, 3.8) is 0 Å². The van der Waals surface area contributed by atoms with Crippen molar-refractivity contribution in [3.05, 3.63) is 35.2 Å². The maximum Gasteiger partial charge on any atom is 0.278 e. The summed E-state index contributed by atoms with van der Waals surface area (Å²) in [6.45, 7) is 2.39. The van der Waals surface area contributed by atoms with Crippen LogP contribution in [0.2, 0.25) is 0 Å². The molecule has 1 aliphatic heterocycles. The van der Waals surface area contributed by atoms with Crippen molar-refractivity contribution in [1.82, 2.24) is 5.16 Å². The molecule has 2 aromatic rings. The molecule has 0 bridgehead atoms. The SMILES string of the molecule is C[C@@H]1CCc2onc(C(=O)Nc3ccc4c(c3)OCO4)c2C1. The fourth-order valence-electron chi connectivity index (χ4n) is 2.92. The fourth-order valence-corrected chi connectivity index (χ4v) is 2.92. The van der Waals surface area contributed by atoms with Crippen LogP contribution in [0.3, 0.4) is 0 Å². The van der Waals surface area contributed by atoms with Gasteiger partial charge in [0.1, 0.15) is 5.76 Å². The maximum absolute atomic E-state index is 12.4. The highest BCUT2D eigenvalue weighted by Crippen LogP contribution is 2.34. The van der Waals surface area contributed by atoms with Crippen molar-refractivity contribution < 1.29 is 18.8 Å². The van der Waals surface area contributed by atoms with Gasteiger partial charge in [0.15, 0.2) is 17.2 Å². The number of benzene rings is 1. The Kier molecular flexibility index (Phi) is 3.03. The van der Waals surface area contributed by atoms with Crippen molar-refractivity contribution in [2.24, 2.45) is 5.92 Å². The van der Waals surface area contributed by atoms with E-state index < -0.39 is 0 Å². The number of carbonyl (C=O) groups excluding carboxylic acids is 1. The van der Waals surface area contributed by atoms with Gasteiger partial charge in [0.25, 0.3) is 5.91 Å². The van der Waals surface area contributed by atoms with Gasteiger partial charge in [0, 0.05) is 23.7 Å². The van der Waals surface area contributed by atoms with Crippen molar-refractivity contribution in [2.45, 2.75) is 26.2 Å². The van der Waals surface area contributed by atoms with Crippen LogP contribution in [-0.2, 0) is 12.8 Å². The first kappa shape index (κ1) is 13.2. The number of anilines is 1. The normalized spacial score (nSPS) is 18.9. The second-order valence-electron chi connectivity index (χ2n) is 5.80. The largest absolute Gasteiger partial charge is 0.454 e. The van der Waals surface area contributed by atoms with Crippen molar-refractivity contribution in [2.75, 3.05) is 12.1 Å². The van der Waals surface area contributed by atoms with E-state index in [0.717, 1.165) is 30.6 Å². The van der Waals surface area contributed by atoms with Gasteiger partial charge in [-0.05, 0) is 30.9 Å². The number of nitrogens with zero attached hydrogens (tertiary/aromatic N) is 1. The summed E-state index contributed by atoms with van der Waals surface area (Å²) in [6.07, 6.45) is 2.76. The van der Waals surface area contributed by atoms with E-state index in [-0.39, 0.29) is 12.7 Å². The molecule has 1 amide bonds. The number of carbonyl (C=O) groups is 1. The number of nitrogens with one attached hydrogen (secondary N) is 1. The molecule has 114 valence electrons. The summed E-state index contributed by atoms with van der Waals surface area (Å²) in [5.41, 5.74) is 1.98. The number of hydrogen-bond donors (Lipinski definition) is 1. The van der Waals surface area contributed by atoms with Gasteiger partial charge in [-0.3, -0.25) is 4.79 Å². The first-order chi connectivity index (χ1) is 10.7. The van der Waals surface area contributed by atoms with Crippen LogP contribution in [0.1, 0.15) is 35.2 Å². The number of ether oxygens (including phenoxy) is 2. The Morgan fingerprint density at radius 2 is 2.18 bits per heavy atom. The van der Waals surface area contributed by atoms with Gasteiger partial charge >= 0.3 is 0 Å². The molecule has 1 aromatic carbocycles. The van der Waals surface area contributed by atoms with Crippen LogP contribution < -0.4 is 14.8 Å². The quantitative estimate of drug-likeness (QED) is 0.923. The molecule has 0 saturated heterocycles. The lowest BCUT2D eigenvalue weighted by Gasteiger charge is -2.16. The highest BCUT2D eigenvalue weighted by Gasteiger charge is 2.27. The fraction of sp³-hybridized carbons (Fsp3) is 0.375. The minimum absolute atomic E-state index is 0.210. The van der Waals surface area contributed by atoms with Gasteiger partial charge in [-0.1, -0.05) is 12.1 Å². The van der Waals surface area contributed by atoms with E-state index in [1.54, 1.807) is 18.2 Å². The van der Waals surface area contributed by atoms with Crippen molar-refractivity contribution in [1.29, 1.82) is 0 Å². The van der Waals surface area contributed by atoms with Crippen LogP contribution in [-0.4, -0.2) is 17.9 Å². The summed E-state index contributed by atoms with van der Waals surface area (Å²) in [5, 5.41) is 6.80. The second kappa shape index (κ2) is 5.05. The Labute approximate surface area is 127 Å². The molecule has 4 rings (SSSR count). The molecule has 1 aromatic heterocycles. The first-order valence-electron chi connectivity index (χ1n) is 7.39. The van der Waals surface area contributed by atoms with E-state index in [9.17, 15) is 4.79 Å². The van der Waals surface area contributed by atoms with Crippen LogP contribution >= 0.6 is 0 Å². The molecule has 0 radical (unpaired) electrons. The van der Waals surface area contributed by atoms with Gasteiger partial charge in [0.05, 0.1) is 0 Å². The monoisotopic (exact) mass is 300 g/mol. The molecular weight excluding hydrogens is 284 g/mol. The Hall–Kier alpha value is -2.50. The molecule has 2 heterocycles. The second-order valence-corrected chi connectivity index (χ2v) is 5.80. The number of rotatable bonds is 2. The molecule has 2 aliphatic rings. The van der Waals surface area contributed by atoms with Gasteiger partial charge < -0.3 is 19.3 Å². The van der Waals surface area contributed by atoms with Gasteiger partial charge in [-0.2, -0.15) is 0 Å². The summed E-state index contributed by atoms with van der Waals surface area (Å²) < 4.78 is 15.9. The highest BCUT2D eigenvalue weighted by molar-refractivity contribution is 6.04. The van der Waals surface area contributed by atoms with Crippen LogP contribution in [0.4, 0.5) is 5.69 Å². The van der Waals surface area contributed by atoms with Crippen LogP contribution in [0.25, 0.3) is 0 Å².